The molecule has 2 aromatic rings. The average molecular weight is 494 g/mol. The van der Waals surface area contributed by atoms with Crippen molar-refractivity contribution in [2.75, 3.05) is 11.6 Å². The fraction of sp³-hybridized carbons (Fsp3) is 0.462. The fourth-order valence-corrected chi connectivity index (χ4v) is 4.85. The third-order valence-electron chi connectivity index (χ3n) is 6.55. The molecular formula is C26H33N2O2Y-. The number of aliphatic hydroxyl groups excluding tert-OH is 1. The number of amides is 1. The zero-order valence-electron chi connectivity index (χ0n) is 18.4. The maximum Gasteiger partial charge on any atom is 0.242 e. The fourth-order valence-electron chi connectivity index (χ4n) is 4.85. The summed E-state index contributed by atoms with van der Waals surface area (Å²) in [5, 5.41) is 14.6. The molecule has 4 nitrogen and oxygen atoms in total. The van der Waals surface area contributed by atoms with Crippen molar-refractivity contribution >= 4 is 11.6 Å². The molecule has 2 aromatic carbocycles. The molecule has 1 radical (unpaired) electrons. The minimum atomic E-state index is -0.419. The van der Waals surface area contributed by atoms with E-state index in [4.69, 9.17) is 0 Å². The van der Waals surface area contributed by atoms with Crippen molar-refractivity contribution in [1.82, 2.24) is 5.01 Å². The van der Waals surface area contributed by atoms with Crippen LogP contribution in [0.1, 0.15) is 67.7 Å². The quantitative estimate of drug-likeness (QED) is 0.537. The minimum absolute atomic E-state index is 0. The van der Waals surface area contributed by atoms with Gasteiger partial charge in [-0.15, -0.1) is 0 Å². The standard InChI is InChI=1S/C26H33N2O2.Y/c1-2-20-9-6-10-22(17-20)19-27-16-15-26(30)28(27)24-13-11-23(12-14-24)25(29)18-21-7-4-3-5-8-21;/h6,9-14,17,21,25,29H,1-5,7-8,15-16,18-19H2;/q-1;. The molecule has 1 aliphatic heterocycles. The summed E-state index contributed by atoms with van der Waals surface area (Å²) in [6.45, 7) is 5.39. The van der Waals surface area contributed by atoms with Crippen molar-refractivity contribution in [3.8, 4) is 0 Å². The van der Waals surface area contributed by atoms with Crippen molar-refractivity contribution in [2.45, 2.75) is 64.0 Å². The molecule has 5 heteroatoms. The molecule has 0 aromatic heterocycles. The van der Waals surface area contributed by atoms with Crippen molar-refractivity contribution in [3.63, 3.8) is 0 Å². The van der Waals surface area contributed by atoms with E-state index < -0.39 is 6.10 Å². The zero-order valence-corrected chi connectivity index (χ0v) is 21.2. The predicted octanol–water partition coefficient (Wildman–Crippen LogP) is 5.22. The number of aliphatic hydroxyl groups is 1. The van der Waals surface area contributed by atoms with Gasteiger partial charge in [-0.1, -0.05) is 74.1 Å². The zero-order chi connectivity index (χ0) is 20.9. The van der Waals surface area contributed by atoms with E-state index in [-0.39, 0.29) is 38.6 Å². The molecule has 1 aliphatic carbocycles. The smallest absolute Gasteiger partial charge is 0.242 e. The number of nitrogens with zero attached hydrogens (tertiary/aromatic N) is 2. The van der Waals surface area contributed by atoms with Crippen LogP contribution in [0.3, 0.4) is 0 Å². The largest absolute Gasteiger partial charge is 0.388 e. The molecular weight excluding hydrogens is 461 g/mol. The van der Waals surface area contributed by atoms with E-state index in [1.54, 1.807) is 5.01 Å². The molecule has 1 unspecified atom stereocenters. The van der Waals surface area contributed by atoms with Crippen LogP contribution in [-0.2, 0) is 50.5 Å². The van der Waals surface area contributed by atoms with Crippen molar-refractivity contribution in [3.05, 3.63) is 72.1 Å². The summed E-state index contributed by atoms with van der Waals surface area (Å²) in [7, 11) is 0. The van der Waals surface area contributed by atoms with Crippen LogP contribution in [0.25, 0.3) is 0 Å². The van der Waals surface area contributed by atoms with Gasteiger partial charge in [-0.2, -0.15) is 6.42 Å². The van der Waals surface area contributed by atoms with Crippen molar-refractivity contribution < 1.29 is 42.6 Å². The molecule has 4 rings (SSSR count). The summed E-state index contributed by atoms with van der Waals surface area (Å²) in [6.07, 6.45) is 8.11. The summed E-state index contributed by atoms with van der Waals surface area (Å²) in [4.78, 5) is 12.6. The number of rotatable bonds is 7. The molecule has 163 valence electrons. The minimum Gasteiger partial charge on any atom is -0.388 e. The van der Waals surface area contributed by atoms with E-state index in [2.05, 4.69) is 36.2 Å². The molecule has 1 amide bonds. The Morgan fingerprint density at radius 3 is 2.45 bits per heavy atom. The molecule has 0 bridgehead atoms. The van der Waals surface area contributed by atoms with E-state index in [1.807, 2.05) is 24.3 Å². The van der Waals surface area contributed by atoms with Crippen LogP contribution >= 0.6 is 0 Å². The molecule has 1 atom stereocenters. The molecule has 31 heavy (non-hydrogen) atoms. The van der Waals surface area contributed by atoms with E-state index in [0.717, 1.165) is 30.6 Å². The van der Waals surface area contributed by atoms with Crippen molar-refractivity contribution in [1.29, 1.82) is 0 Å². The van der Waals surface area contributed by atoms with E-state index in [1.165, 1.54) is 43.2 Å². The topological polar surface area (TPSA) is 43.8 Å². The molecule has 1 N–H and O–H groups in total. The Kier molecular flexibility index (Phi) is 9.27. The number of carbonyl (C=O) groups excluding carboxylic acids is 1. The van der Waals surface area contributed by atoms with Crippen molar-refractivity contribution in [2.24, 2.45) is 5.92 Å². The molecule has 2 fully saturated rings. The van der Waals surface area contributed by atoms with Gasteiger partial charge in [0.1, 0.15) is 0 Å². The first-order valence-corrected chi connectivity index (χ1v) is 11.4. The summed E-state index contributed by atoms with van der Waals surface area (Å²) in [6, 6.07) is 16.3. The second-order valence-corrected chi connectivity index (χ2v) is 8.76. The van der Waals surface area contributed by atoms with Gasteiger partial charge in [0.05, 0.1) is 11.8 Å². The Morgan fingerprint density at radius 2 is 1.74 bits per heavy atom. The van der Waals surface area contributed by atoms with Gasteiger partial charge in [-0.05, 0) is 35.6 Å². The number of hydrogen-bond donors (Lipinski definition) is 1. The summed E-state index contributed by atoms with van der Waals surface area (Å²) < 4.78 is 0. The molecule has 1 saturated heterocycles. The van der Waals surface area contributed by atoms with Gasteiger partial charge in [0, 0.05) is 52.2 Å². The summed E-state index contributed by atoms with van der Waals surface area (Å²) >= 11 is 0. The van der Waals surface area contributed by atoms with Gasteiger partial charge in [0.25, 0.3) is 0 Å². The van der Waals surface area contributed by atoms with E-state index in [9.17, 15) is 9.90 Å². The van der Waals surface area contributed by atoms with Gasteiger partial charge in [-0.25, -0.2) is 10.0 Å². The second-order valence-electron chi connectivity index (χ2n) is 8.76. The van der Waals surface area contributed by atoms with Gasteiger partial charge in [-0.3, -0.25) is 4.79 Å². The van der Waals surface area contributed by atoms with Gasteiger partial charge < -0.3 is 12.0 Å². The third kappa shape index (κ3) is 6.25. The van der Waals surface area contributed by atoms with Crippen LogP contribution in [0.15, 0.2) is 48.5 Å². The number of hydrazine groups is 1. The number of carbonyl (C=O) groups is 1. The van der Waals surface area contributed by atoms with Crippen LogP contribution in [-0.4, -0.2) is 22.6 Å². The first kappa shape index (κ1) is 24.6. The maximum atomic E-state index is 12.6. The summed E-state index contributed by atoms with van der Waals surface area (Å²) in [5.41, 5.74) is 4.22. The molecule has 2 aliphatic rings. The van der Waals surface area contributed by atoms with Gasteiger partial charge >= 0.3 is 0 Å². The Labute approximate surface area is 211 Å². The monoisotopic (exact) mass is 494 g/mol. The van der Waals surface area contributed by atoms with Crippen LogP contribution in [0.4, 0.5) is 5.69 Å². The average Bonchev–Trinajstić information content (AvgIpc) is 3.14. The number of anilines is 1. The summed E-state index contributed by atoms with van der Waals surface area (Å²) in [5.74, 6) is 0.761. The normalized spacial score (nSPS) is 18.8. The maximum absolute atomic E-state index is 12.6. The van der Waals surface area contributed by atoms with Crippen LogP contribution in [0, 0.1) is 12.8 Å². The van der Waals surface area contributed by atoms with Crippen LogP contribution in [0.5, 0.6) is 0 Å². The number of hydrogen-bond acceptors (Lipinski definition) is 3. The van der Waals surface area contributed by atoms with Crippen LogP contribution in [0.2, 0.25) is 0 Å². The second kappa shape index (κ2) is 11.7. The Morgan fingerprint density at radius 1 is 1.03 bits per heavy atom. The Balaban J connectivity index is 0.00000272. The molecule has 0 spiro atoms. The first-order valence-electron chi connectivity index (χ1n) is 11.4. The Bertz CT molecular complexity index is 849. The first-order chi connectivity index (χ1) is 14.6. The number of benzene rings is 2. The van der Waals surface area contributed by atoms with Crippen LogP contribution < -0.4 is 5.01 Å². The predicted molar refractivity (Wildman–Crippen MR) is 121 cm³/mol. The van der Waals surface area contributed by atoms with E-state index >= 15 is 0 Å². The van der Waals surface area contributed by atoms with Gasteiger partial charge in [0.15, 0.2) is 0 Å². The Hall–Kier alpha value is -1.07. The van der Waals surface area contributed by atoms with E-state index in [0.29, 0.717) is 18.9 Å². The third-order valence-corrected chi connectivity index (χ3v) is 6.55. The molecule has 1 heterocycles. The molecule has 1 saturated carbocycles. The SMILES string of the molecule is [CH2-]Cc1cccc(CN2CCC(=O)N2c2ccc(C(O)CC3CCCCC3)cc2)c1.[Y]. The van der Waals surface area contributed by atoms with Gasteiger partial charge in [0.2, 0.25) is 5.91 Å².